The topological polar surface area (TPSA) is 32.3 Å². The molecule has 0 unspecified atom stereocenters. The second-order valence-electron chi connectivity index (χ2n) is 4.52. The second kappa shape index (κ2) is 6.44. The van der Waals surface area contributed by atoms with Gasteiger partial charge in [-0.2, -0.15) is 0 Å². The van der Waals surface area contributed by atoms with Crippen LogP contribution in [0, 0.1) is 6.92 Å². The number of nitrogens with one attached hydrogen (secondary N) is 1. The molecule has 0 aliphatic heterocycles. The predicted octanol–water partition coefficient (Wildman–Crippen LogP) is 4.71. The minimum Gasteiger partial charge on any atom is -0.308 e. The fourth-order valence-electron chi connectivity index (χ4n) is 1.96. The smallest absolute Gasteiger partial charge is 0.308 e. The van der Waals surface area contributed by atoms with Gasteiger partial charge in [-0.25, -0.2) is 4.79 Å². The number of carbonyl (C=O) groups is 1. The molecule has 0 spiro atoms. The van der Waals surface area contributed by atoms with Gasteiger partial charge in [-0.05, 0) is 55.8 Å². The largest absolute Gasteiger partial charge is 0.326 e. The Morgan fingerprint density at radius 3 is 2.50 bits per heavy atom. The van der Waals surface area contributed by atoms with Crippen molar-refractivity contribution in [3.05, 3.63) is 59.1 Å². The summed E-state index contributed by atoms with van der Waals surface area (Å²) >= 11 is 5.83. The molecule has 0 saturated heterocycles. The van der Waals surface area contributed by atoms with E-state index in [1.54, 1.807) is 29.2 Å². The summed E-state index contributed by atoms with van der Waals surface area (Å²) in [5.74, 6) is 0. The van der Waals surface area contributed by atoms with Gasteiger partial charge in [-0.3, -0.25) is 4.90 Å². The molecular weight excluding hydrogens is 272 g/mol. The van der Waals surface area contributed by atoms with E-state index in [1.807, 2.05) is 38.1 Å². The van der Waals surface area contributed by atoms with Gasteiger partial charge in [-0.15, -0.1) is 0 Å². The van der Waals surface area contributed by atoms with Crippen molar-refractivity contribution in [2.24, 2.45) is 0 Å². The molecular formula is C16H17ClN2O. The van der Waals surface area contributed by atoms with Gasteiger partial charge in [0.15, 0.2) is 0 Å². The number of halogens is 1. The molecule has 0 bridgehead atoms. The highest BCUT2D eigenvalue weighted by Gasteiger charge is 2.13. The summed E-state index contributed by atoms with van der Waals surface area (Å²) in [6.45, 7) is 4.56. The molecule has 0 fully saturated rings. The number of hydrogen-bond acceptors (Lipinski definition) is 1. The van der Waals surface area contributed by atoms with E-state index >= 15 is 0 Å². The quantitative estimate of drug-likeness (QED) is 0.872. The Morgan fingerprint density at radius 1 is 1.20 bits per heavy atom. The van der Waals surface area contributed by atoms with Crippen molar-refractivity contribution < 1.29 is 4.79 Å². The van der Waals surface area contributed by atoms with Crippen LogP contribution >= 0.6 is 11.6 Å². The van der Waals surface area contributed by atoms with E-state index in [1.165, 1.54) is 0 Å². The van der Waals surface area contributed by atoms with E-state index < -0.39 is 0 Å². The number of nitrogens with zero attached hydrogens (tertiary/aromatic N) is 1. The van der Waals surface area contributed by atoms with Crippen LogP contribution in [0.4, 0.5) is 16.2 Å². The number of rotatable bonds is 3. The van der Waals surface area contributed by atoms with E-state index in [-0.39, 0.29) is 6.03 Å². The molecule has 4 heteroatoms. The summed E-state index contributed by atoms with van der Waals surface area (Å²) in [5.41, 5.74) is 2.74. The lowest BCUT2D eigenvalue weighted by Gasteiger charge is -2.22. The van der Waals surface area contributed by atoms with Crippen molar-refractivity contribution in [3.63, 3.8) is 0 Å². The van der Waals surface area contributed by atoms with Crippen LogP contribution in [0.3, 0.4) is 0 Å². The molecule has 0 aliphatic rings. The monoisotopic (exact) mass is 288 g/mol. The minimum absolute atomic E-state index is 0.152. The number of amides is 2. The molecule has 3 nitrogen and oxygen atoms in total. The number of aryl methyl sites for hydroxylation is 1. The molecule has 0 heterocycles. The van der Waals surface area contributed by atoms with Crippen molar-refractivity contribution >= 4 is 29.0 Å². The minimum atomic E-state index is -0.152. The van der Waals surface area contributed by atoms with E-state index in [0.29, 0.717) is 11.6 Å². The Labute approximate surface area is 124 Å². The van der Waals surface area contributed by atoms with Crippen LogP contribution in [0.15, 0.2) is 48.5 Å². The number of hydrogen-bond donors (Lipinski definition) is 1. The SMILES string of the molecule is CCN(C(=O)Nc1ccc(Cl)cc1)c1cccc(C)c1. The lowest BCUT2D eigenvalue weighted by Crippen LogP contribution is -2.34. The Kier molecular flexibility index (Phi) is 4.64. The summed E-state index contributed by atoms with van der Waals surface area (Å²) in [7, 11) is 0. The van der Waals surface area contributed by atoms with Crippen LogP contribution in [0.2, 0.25) is 5.02 Å². The molecule has 1 N–H and O–H groups in total. The number of urea groups is 1. The summed E-state index contributed by atoms with van der Waals surface area (Å²) < 4.78 is 0. The fraction of sp³-hybridized carbons (Fsp3) is 0.188. The summed E-state index contributed by atoms with van der Waals surface area (Å²) in [5, 5.41) is 3.51. The molecule has 2 amide bonds. The van der Waals surface area contributed by atoms with E-state index in [9.17, 15) is 4.79 Å². The van der Waals surface area contributed by atoms with Crippen LogP contribution in [-0.2, 0) is 0 Å². The lowest BCUT2D eigenvalue weighted by molar-refractivity contribution is 0.257. The van der Waals surface area contributed by atoms with Gasteiger partial charge in [0.25, 0.3) is 0 Å². The molecule has 2 rings (SSSR count). The highest BCUT2D eigenvalue weighted by Crippen LogP contribution is 2.18. The zero-order valence-corrected chi connectivity index (χ0v) is 12.3. The molecule has 0 radical (unpaired) electrons. The highest BCUT2D eigenvalue weighted by atomic mass is 35.5. The Bertz CT molecular complexity index is 596. The maximum absolute atomic E-state index is 12.3. The highest BCUT2D eigenvalue weighted by molar-refractivity contribution is 6.30. The summed E-state index contributed by atoms with van der Waals surface area (Å²) in [4.78, 5) is 14.0. The zero-order valence-electron chi connectivity index (χ0n) is 11.6. The molecule has 0 atom stereocenters. The van der Waals surface area contributed by atoms with Gasteiger partial charge in [0, 0.05) is 22.9 Å². The van der Waals surface area contributed by atoms with Gasteiger partial charge in [-0.1, -0.05) is 23.7 Å². The van der Waals surface area contributed by atoms with Gasteiger partial charge in [0.2, 0.25) is 0 Å². The van der Waals surface area contributed by atoms with E-state index in [4.69, 9.17) is 11.6 Å². The molecule has 0 aromatic heterocycles. The third kappa shape index (κ3) is 3.52. The Morgan fingerprint density at radius 2 is 1.90 bits per heavy atom. The molecule has 104 valence electrons. The Hall–Kier alpha value is -2.00. The standard InChI is InChI=1S/C16H17ClN2O/c1-3-19(15-6-4-5-12(2)11-15)16(20)18-14-9-7-13(17)8-10-14/h4-11H,3H2,1-2H3,(H,18,20). The third-order valence-electron chi connectivity index (χ3n) is 2.97. The van der Waals surface area contributed by atoms with Gasteiger partial charge in [0.05, 0.1) is 0 Å². The molecule has 2 aromatic rings. The van der Waals surface area contributed by atoms with Gasteiger partial charge < -0.3 is 5.32 Å². The van der Waals surface area contributed by atoms with Crippen LogP contribution in [0.25, 0.3) is 0 Å². The van der Waals surface area contributed by atoms with Gasteiger partial charge in [0.1, 0.15) is 0 Å². The van der Waals surface area contributed by atoms with Crippen LogP contribution in [0.1, 0.15) is 12.5 Å². The second-order valence-corrected chi connectivity index (χ2v) is 4.96. The van der Waals surface area contributed by atoms with Crippen molar-refractivity contribution in [2.75, 3.05) is 16.8 Å². The van der Waals surface area contributed by atoms with E-state index in [0.717, 1.165) is 16.9 Å². The average molecular weight is 289 g/mol. The van der Waals surface area contributed by atoms with Crippen molar-refractivity contribution in [1.29, 1.82) is 0 Å². The van der Waals surface area contributed by atoms with Crippen molar-refractivity contribution in [1.82, 2.24) is 0 Å². The maximum Gasteiger partial charge on any atom is 0.326 e. The van der Waals surface area contributed by atoms with Gasteiger partial charge >= 0.3 is 6.03 Å². The number of anilines is 2. The van der Waals surface area contributed by atoms with Crippen LogP contribution < -0.4 is 10.2 Å². The number of carbonyl (C=O) groups excluding carboxylic acids is 1. The first kappa shape index (κ1) is 14.4. The first-order chi connectivity index (χ1) is 9.60. The summed E-state index contributed by atoms with van der Waals surface area (Å²) in [6.07, 6.45) is 0. The first-order valence-electron chi connectivity index (χ1n) is 6.51. The first-order valence-corrected chi connectivity index (χ1v) is 6.88. The van der Waals surface area contributed by atoms with Crippen LogP contribution in [-0.4, -0.2) is 12.6 Å². The molecule has 2 aromatic carbocycles. The summed E-state index contributed by atoms with van der Waals surface area (Å²) in [6, 6.07) is 14.8. The molecule has 20 heavy (non-hydrogen) atoms. The zero-order chi connectivity index (χ0) is 14.5. The van der Waals surface area contributed by atoms with Crippen molar-refractivity contribution in [2.45, 2.75) is 13.8 Å². The maximum atomic E-state index is 12.3. The third-order valence-corrected chi connectivity index (χ3v) is 3.22. The average Bonchev–Trinajstić information content (AvgIpc) is 2.42. The fourth-order valence-corrected chi connectivity index (χ4v) is 2.09. The molecule has 0 saturated carbocycles. The normalized spacial score (nSPS) is 10.2. The van der Waals surface area contributed by atoms with Crippen LogP contribution in [0.5, 0.6) is 0 Å². The molecule has 0 aliphatic carbocycles. The van der Waals surface area contributed by atoms with E-state index in [2.05, 4.69) is 5.32 Å². The lowest BCUT2D eigenvalue weighted by atomic mass is 10.2. The predicted molar refractivity (Wildman–Crippen MR) is 84.7 cm³/mol. The van der Waals surface area contributed by atoms with Crippen molar-refractivity contribution in [3.8, 4) is 0 Å². The Balaban J connectivity index is 2.15. The number of benzene rings is 2.